The largest absolute Gasteiger partial charge is 0.496 e. The van der Waals surface area contributed by atoms with Gasteiger partial charge in [0.1, 0.15) is 11.3 Å². The molecular weight excluding hydrogens is 376 g/mol. The van der Waals surface area contributed by atoms with Gasteiger partial charge in [-0.2, -0.15) is 0 Å². The number of anilines is 1. The molecule has 148 valence electrons. The van der Waals surface area contributed by atoms with E-state index in [4.69, 9.17) is 9.47 Å². The average Bonchev–Trinajstić information content (AvgIpc) is 2.73. The Hall–Kier alpha value is -3.94. The van der Waals surface area contributed by atoms with Crippen LogP contribution in [0.1, 0.15) is 17.3 Å². The molecule has 8 nitrogen and oxygen atoms in total. The van der Waals surface area contributed by atoms with E-state index in [1.807, 2.05) is 36.4 Å². The van der Waals surface area contributed by atoms with E-state index < -0.39 is 22.9 Å². The van der Waals surface area contributed by atoms with E-state index in [1.165, 1.54) is 26.2 Å². The van der Waals surface area contributed by atoms with Gasteiger partial charge >= 0.3 is 5.97 Å². The van der Waals surface area contributed by atoms with Crippen LogP contribution >= 0.6 is 0 Å². The van der Waals surface area contributed by atoms with Crippen LogP contribution in [0.25, 0.3) is 10.8 Å². The van der Waals surface area contributed by atoms with Crippen LogP contribution in [-0.2, 0) is 9.53 Å². The monoisotopic (exact) mass is 394 g/mol. The molecule has 1 amide bonds. The molecule has 3 aromatic carbocycles. The molecule has 0 bridgehead atoms. The van der Waals surface area contributed by atoms with E-state index in [0.29, 0.717) is 5.69 Å². The minimum atomic E-state index is -1.13. The Morgan fingerprint density at radius 1 is 1.07 bits per heavy atom. The number of nitro groups is 1. The van der Waals surface area contributed by atoms with E-state index in [0.717, 1.165) is 16.8 Å². The van der Waals surface area contributed by atoms with Crippen molar-refractivity contribution < 1.29 is 24.0 Å². The summed E-state index contributed by atoms with van der Waals surface area (Å²) < 4.78 is 10.3. The fourth-order valence-corrected chi connectivity index (χ4v) is 2.82. The van der Waals surface area contributed by atoms with Crippen LogP contribution in [0.5, 0.6) is 5.75 Å². The summed E-state index contributed by atoms with van der Waals surface area (Å²) in [6.07, 6.45) is -1.13. The van der Waals surface area contributed by atoms with Gasteiger partial charge < -0.3 is 14.8 Å². The van der Waals surface area contributed by atoms with E-state index in [2.05, 4.69) is 5.32 Å². The lowest BCUT2D eigenvalue weighted by Gasteiger charge is -2.15. The molecule has 0 saturated carbocycles. The third-order valence-electron chi connectivity index (χ3n) is 4.31. The first-order valence-electron chi connectivity index (χ1n) is 8.72. The Balaban J connectivity index is 1.76. The summed E-state index contributed by atoms with van der Waals surface area (Å²) in [6.45, 7) is 1.42. The fourth-order valence-electron chi connectivity index (χ4n) is 2.82. The number of esters is 1. The Morgan fingerprint density at radius 3 is 2.52 bits per heavy atom. The molecule has 1 unspecified atom stereocenters. The van der Waals surface area contributed by atoms with Crippen molar-refractivity contribution in [1.29, 1.82) is 0 Å². The number of nitrogens with zero attached hydrogens (tertiary/aromatic N) is 1. The second-order valence-electron chi connectivity index (χ2n) is 6.21. The third kappa shape index (κ3) is 4.32. The number of fused-ring (bicyclic) bond motifs is 1. The number of methoxy groups -OCH3 is 1. The van der Waals surface area contributed by atoms with Gasteiger partial charge in [-0.05, 0) is 24.4 Å². The number of benzene rings is 3. The lowest BCUT2D eigenvalue weighted by Crippen LogP contribution is -2.30. The number of carbonyl (C=O) groups excluding carboxylic acids is 2. The van der Waals surface area contributed by atoms with Crippen molar-refractivity contribution in [2.45, 2.75) is 13.0 Å². The van der Waals surface area contributed by atoms with E-state index >= 15 is 0 Å². The number of hydrogen-bond acceptors (Lipinski definition) is 6. The summed E-state index contributed by atoms with van der Waals surface area (Å²) in [5.41, 5.74) is 0.168. The van der Waals surface area contributed by atoms with Crippen LogP contribution in [0.4, 0.5) is 11.4 Å². The molecule has 0 radical (unpaired) electrons. The van der Waals surface area contributed by atoms with Crippen molar-refractivity contribution in [3.8, 4) is 5.75 Å². The van der Waals surface area contributed by atoms with Gasteiger partial charge in [-0.25, -0.2) is 4.79 Å². The van der Waals surface area contributed by atoms with Crippen LogP contribution < -0.4 is 10.1 Å². The number of nitrogens with one attached hydrogen (secondary N) is 1. The highest BCUT2D eigenvalue weighted by Gasteiger charge is 2.24. The Bertz CT molecular complexity index is 1090. The van der Waals surface area contributed by atoms with Gasteiger partial charge in [0.2, 0.25) is 0 Å². The summed E-state index contributed by atoms with van der Waals surface area (Å²) in [7, 11) is 1.33. The molecule has 1 atom stereocenters. The topological polar surface area (TPSA) is 108 Å². The smallest absolute Gasteiger partial charge is 0.342 e. The molecular formula is C21H18N2O6. The molecule has 0 aliphatic heterocycles. The highest BCUT2D eigenvalue weighted by molar-refractivity contribution is 6.04. The van der Waals surface area contributed by atoms with Crippen LogP contribution in [0.15, 0.2) is 60.7 Å². The van der Waals surface area contributed by atoms with Gasteiger partial charge in [0.05, 0.1) is 12.0 Å². The van der Waals surface area contributed by atoms with Crippen molar-refractivity contribution in [1.82, 2.24) is 0 Å². The van der Waals surface area contributed by atoms with Crippen LogP contribution in [0, 0.1) is 10.1 Å². The van der Waals surface area contributed by atoms with Crippen LogP contribution in [0.2, 0.25) is 0 Å². The Kier molecular flexibility index (Phi) is 5.73. The summed E-state index contributed by atoms with van der Waals surface area (Å²) in [5.74, 6) is -1.31. The van der Waals surface area contributed by atoms with Gasteiger partial charge in [0.15, 0.2) is 6.10 Å². The fraction of sp³-hybridized carbons (Fsp3) is 0.143. The summed E-state index contributed by atoms with van der Waals surface area (Å²) >= 11 is 0. The Labute approximate surface area is 166 Å². The molecule has 29 heavy (non-hydrogen) atoms. The minimum absolute atomic E-state index is 0.113. The molecule has 0 saturated heterocycles. The zero-order chi connectivity index (χ0) is 21.0. The second-order valence-corrected chi connectivity index (χ2v) is 6.21. The number of ether oxygens (including phenoxy) is 2. The quantitative estimate of drug-likeness (QED) is 0.385. The van der Waals surface area contributed by atoms with Crippen molar-refractivity contribution in [3.05, 3.63) is 76.3 Å². The molecule has 8 heteroatoms. The minimum Gasteiger partial charge on any atom is -0.496 e. The first kappa shape index (κ1) is 19.8. The van der Waals surface area contributed by atoms with Gasteiger partial charge in [0, 0.05) is 23.2 Å². The van der Waals surface area contributed by atoms with Gasteiger partial charge in [-0.1, -0.05) is 36.4 Å². The van der Waals surface area contributed by atoms with Crippen LogP contribution in [0.3, 0.4) is 0 Å². The number of amides is 1. The maximum Gasteiger partial charge on any atom is 0.342 e. The molecule has 3 aromatic rings. The first-order chi connectivity index (χ1) is 13.9. The number of hydrogen-bond donors (Lipinski definition) is 1. The van der Waals surface area contributed by atoms with Crippen molar-refractivity contribution in [3.63, 3.8) is 0 Å². The zero-order valence-corrected chi connectivity index (χ0v) is 15.7. The highest BCUT2D eigenvalue weighted by atomic mass is 16.6. The highest BCUT2D eigenvalue weighted by Crippen LogP contribution is 2.26. The van der Waals surface area contributed by atoms with E-state index in [9.17, 15) is 19.7 Å². The second kappa shape index (κ2) is 8.39. The average molecular weight is 394 g/mol. The summed E-state index contributed by atoms with van der Waals surface area (Å²) in [4.78, 5) is 35.3. The maximum atomic E-state index is 12.5. The molecule has 0 spiro atoms. The number of non-ortho nitro benzene ring substituents is 1. The molecule has 0 aromatic heterocycles. The molecule has 0 fully saturated rings. The molecule has 1 N–H and O–H groups in total. The predicted octanol–water partition coefficient (Wildman–Crippen LogP) is 3.94. The van der Waals surface area contributed by atoms with Crippen molar-refractivity contribution >= 4 is 34.0 Å². The number of nitro benzene ring substituents is 1. The van der Waals surface area contributed by atoms with Crippen molar-refractivity contribution in [2.75, 3.05) is 12.4 Å². The van der Waals surface area contributed by atoms with E-state index in [-0.39, 0.29) is 17.0 Å². The first-order valence-corrected chi connectivity index (χ1v) is 8.72. The zero-order valence-electron chi connectivity index (χ0n) is 15.7. The predicted molar refractivity (Wildman–Crippen MR) is 107 cm³/mol. The maximum absolute atomic E-state index is 12.5. The number of carbonyl (C=O) groups is 2. The summed E-state index contributed by atoms with van der Waals surface area (Å²) in [5, 5.41) is 15.5. The normalized spacial score (nSPS) is 11.5. The molecule has 3 rings (SSSR count). The lowest BCUT2D eigenvalue weighted by atomic mass is 10.1. The molecule has 0 aliphatic rings. The number of rotatable bonds is 6. The van der Waals surface area contributed by atoms with Gasteiger partial charge in [0.25, 0.3) is 11.6 Å². The standard InChI is InChI=1S/C21H18N2O6/c1-13(20(24)22-18-9-5-7-14-6-3-4-8-16(14)18)29-21(25)17-12-15(23(26)27)10-11-19(17)28-2/h3-13H,1-2H3,(H,22,24). The van der Waals surface area contributed by atoms with Crippen molar-refractivity contribution in [2.24, 2.45) is 0 Å². The van der Waals surface area contributed by atoms with E-state index in [1.54, 1.807) is 6.07 Å². The molecule has 0 heterocycles. The summed E-state index contributed by atoms with van der Waals surface area (Å²) in [6, 6.07) is 16.6. The Morgan fingerprint density at radius 2 is 1.79 bits per heavy atom. The van der Waals surface area contributed by atoms with Gasteiger partial charge in [-0.3, -0.25) is 14.9 Å². The molecule has 0 aliphatic carbocycles. The van der Waals surface area contributed by atoms with Crippen LogP contribution in [-0.4, -0.2) is 30.0 Å². The SMILES string of the molecule is COc1ccc([N+](=O)[O-])cc1C(=O)OC(C)C(=O)Nc1cccc2ccccc12. The van der Waals surface area contributed by atoms with Gasteiger partial charge in [-0.15, -0.1) is 0 Å². The third-order valence-corrected chi connectivity index (χ3v) is 4.31. The lowest BCUT2D eigenvalue weighted by molar-refractivity contribution is -0.384.